The lowest BCUT2D eigenvalue weighted by molar-refractivity contribution is 0.117. The Bertz CT molecular complexity index is 1180. The van der Waals surface area contributed by atoms with Crippen molar-refractivity contribution in [1.82, 2.24) is 14.7 Å². The van der Waals surface area contributed by atoms with Crippen molar-refractivity contribution in [3.8, 4) is 11.5 Å². The second kappa shape index (κ2) is 13.2. The Morgan fingerprint density at radius 2 is 1.80 bits per heavy atom. The molecule has 9 heteroatoms. The minimum absolute atomic E-state index is 0.0514. The Kier molecular flexibility index (Phi) is 9.48. The van der Waals surface area contributed by atoms with Gasteiger partial charge in [0.15, 0.2) is 0 Å². The maximum absolute atomic E-state index is 14.5. The number of halogens is 2. The van der Waals surface area contributed by atoms with Crippen molar-refractivity contribution in [2.45, 2.75) is 63.6 Å². The first-order valence-corrected chi connectivity index (χ1v) is 14.9. The van der Waals surface area contributed by atoms with Crippen molar-refractivity contribution in [2.75, 3.05) is 46.6 Å². The van der Waals surface area contributed by atoms with Crippen molar-refractivity contribution < 1.29 is 18.7 Å². The highest BCUT2D eigenvalue weighted by Crippen LogP contribution is 2.40. The molecule has 1 unspecified atom stereocenters. The summed E-state index contributed by atoms with van der Waals surface area (Å²) in [6.07, 6.45) is 6.22. The van der Waals surface area contributed by atoms with Crippen LogP contribution in [-0.2, 0) is 0 Å². The first kappa shape index (κ1) is 28.7. The molecule has 0 saturated carbocycles. The molecular formula is C31H40ClFN4O3. The van der Waals surface area contributed by atoms with Gasteiger partial charge in [-0.05, 0) is 75.0 Å². The van der Waals surface area contributed by atoms with E-state index in [-0.39, 0.29) is 24.7 Å². The molecule has 216 valence electrons. The van der Waals surface area contributed by atoms with Crippen LogP contribution in [0.5, 0.6) is 11.5 Å². The van der Waals surface area contributed by atoms with Gasteiger partial charge in [-0.3, -0.25) is 9.89 Å². The molecule has 0 spiro atoms. The third-order valence-corrected chi connectivity index (χ3v) is 8.57. The van der Waals surface area contributed by atoms with E-state index in [9.17, 15) is 9.18 Å². The van der Waals surface area contributed by atoms with Crippen LogP contribution in [0.1, 0.15) is 62.6 Å². The number of carbonyl (C=O) groups excluding carboxylic acids is 1. The molecule has 3 heterocycles. The number of ether oxygens (including phenoxy) is 2. The van der Waals surface area contributed by atoms with Crippen LogP contribution in [0.3, 0.4) is 0 Å². The number of alkyl halides is 1. The SMILES string of the molecule is CCCC1N=C(c2ccc(OC)cc2OCCF)N(C(=O)N2CCC(N3CCCC3)CC2)[C@H]1c1ccc(Cl)cc1. The number of piperidine rings is 1. The van der Waals surface area contributed by atoms with Gasteiger partial charge in [0, 0.05) is 30.2 Å². The maximum Gasteiger partial charge on any atom is 0.326 e. The fourth-order valence-electron chi connectivity index (χ4n) is 6.32. The van der Waals surface area contributed by atoms with E-state index < -0.39 is 6.67 Å². The summed E-state index contributed by atoms with van der Waals surface area (Å²) in [4.78, 5) is 26.0. The average Bonchev–Trinajstić information content (AvgIpc) is 3.65. The average molecular weight is 571 g/mol. The fourth-order valence-corrected chi connectivity index (χ4v) is 6.44. The summed E-state index contributed by atoms with van der Waals surface area (Å²) in [6, 6.07) is 13.2. The largest absolute Gasteiger partial charge is 0.497 e. The zero-order valence-electron chi connectivity index (χ0n) is 23.5. The lowest BCUT2D eigenvalue weighted by Crippen LogP contribution is -2.52. The Morgan fingerprint density at radius 1 is 1.07 bits per heavy atom. The van der Waals surface area contributed by atoms with E-state index in [1.165, 1.54) is 12.8 Å². The first-order chi connectivity index (χ1) is 19.5. The molecule has 0 N–H and O–H groups in total. The molecule has 2 atom stereocenters. The quantitative estimate of drug-likeness (QED) is 0.352. The molecule has 2 amide bonds. The third-order valence-electron chi connectivity index (χ3n) is 8.32. The summed E-state index contributed by atoms with van der Waals surface area (Å²) in [5.74, 6) is 1.60. The van der Waals surface area contributed by atoms with E-state index in [2.05, 4.69) is 11.8 Å². The molecule has 3 aliphatic heterocycles. The Balaban J connectivity index is 1.51. The van der Waals surface area contributed by atoms with Crippen LogP contribution in [-0.4, -0.2) is 85.2 Å². The summed E-state index contributed by atoms with van der Waals surface area (Å²) >= 11 is 6.25. The fraction of sp³-hybridized carbons (Fsp3) is 0.548. The smallest absolute Gasteiger partial charge is 0.326 e. The number of amidine groups is 1. The Morgan fingerprint density at radius 3 is 2.45 bits per heavy atom. The van der Waals surface area contributed by atoms with Gasteiger partial charge >= 0.3 is 6.03 Å². The van der Waals surface area contributed by atoms with Gasteiger partial charge in [0.1, 0.15) is 30.6 Å². The summed E-state index contributed by atoms with van der Waals surface area (Å²) in [5, 5.41) is 0.647. The molecule has 2 fully saturated rings. The molecule has 7 nitrogen and oxygen atoms in total. The van der Waals surface area contributed by atoms with Crippen LogP contribution in [0.2, 0.25) is 5.02 Å². The number of likely N-dealkylation sites (tertiary alicyclic amines) is 2. The number of carbonyl (C=O) groups is 1. The van der Waals surface area contributed by atoms with Crippen LogP contribution >= 0.6 is 11.6 Å². The molecule has 40 heavy (non-hydrogen) atoms. The number of methoxy groups -OCH3 is 1. The van der Waals surface area contributed by atoms with E-state index in [1.54, 1.807) is 13.2 Å². The molecular weight excluding hydrogens is 531 g/mol. The van der Waals surface area contributed by atoms with Crippen molar-refractivity contribution in [3.05, 3.63) is 58.6 Å². The highest BCUT2D eigenvalue weighted by molar-refractivity contribution is 6.30. The van der Waals surface area contributed by atoms with Crippen LogP contribution in [0, 0.1) is 0 Å². The number of nitrogens with zero attached hydrogens (tertiary/aromatic N) is 4. The molecule has 3 aliphatic rings. The predicted molar refractivity (Wildman–Crippen MR) is 157 cm³/mol. The second-order valence-corrected chi connectivity index (χ2v) is 11.3. The number of amides is 2. The molecule has 5 rings (SSSR count). The molecule has 0 aliphatic carbocycles. The van der Waals surface area contributed by atoms with Gasteiger partial charge in [-0.1, -0.05) is 37.1 Å². The predicted octanol–water partition coefficient (Wildman–Crippen LogP) is 6.35. The summed E-state index contributed by atoms with van der Waals surface area (Å²) in [6.45, 7) is 5.17. The summed E-state index contributed by atoms with van der Waals surface area (Å²) in [7, 11) is 1.58. The maximum atomic E-state index is 14.5. The van der Waals surface area contributed by atoms with Gasteiger partial charge in [-0.15, -0.1) is 0 Å². The van der Waals surface area contributed by atoms with Gasteiger partial charge in [0.25, 0.3) is 0 Å². The molecule has 0 aromatic heterocycles. The Hall–Kier alpha value is -2.84. The zero-order valence-corrected chi connectivity index (χ0v) is 24.3. The standard InChI is InChI=1S/C31H40ClFN4O3/c1-3-6-27-29(22-7-9-23(32)10-8-22)37(31(38)36-18-13-24(14-19-36)35-16-4-5-17-35)30(34-27)26-12-11-25(39-2)21-28(26)40-20-15-33/h7-12,21,24,27,29H,3-6,13-20H2,1-2H3/t27?,29-/m0/s1. The molecule has 0 radical (unpaired) electrons. The van der Waals surface area contributed by atoms with Crippen LogP contribution in [0.4, 0.5) is 9.18 Å². The van der Waals surface area contributed by atoms with Crippen molar-refractivity contribution in [2.24, 2.45) is 4.99 Å². The summed E-state index contributed by atoms with van der Waals surface area (Å²) < 4.78 is 24.4. The van der Waals surface area contributed by atoms with Crippen molar-refractivity contribution in [1.29, 1.82) is 0 Å². The normalized spacial score (nSPS) is 22.1. The van der Waals surface area contributed by atoms with E-state index >= 15 is 0 Å². The first-order valence-electron chi connectivity index (χ1n) is 14.6. The second-order valence-electron chi connectivity index (χ2n) is 10.8. The third kappa shape index (κ3) is 6.08. The zero-order chi connectivity index (χ0) is 28.1. The van der Waals surface area contributed by atoms with Crippen molar-refractivity contribution in [3.63, 3.8) is 0 Å². The highest BCUT2D eigenvalue weighted by Gasteiger charge is 2.44. The molecule has 0 bridgehead atoms. The van der Waals surface area contributed by atoms with Crippen molar-refractivity contribution >= 4 is 23.5 Å². The minimum atomic E-state index is -0.621. The van der Waals surface area contributed by atoms with Gasteiger partial charge < -0.3 is 19.3 Å². The topological polar surface area (TPSA) is 57.6 Å². The van der Waals surface area contributed by atoms with Crippen LogP contribution in [0.15, 0.2) is 47.5 Å². The van der Waals surface area contributed by atoms with E-state index in [0.717, 1.165) is 44.3 Å². The van der Waals surface area contributed by atoms with E-state index in [0.29, 0.717) is 47.1 Å². The monoisotopic (exact) mass is 570 g/mol. The van der Waals surface area contributed by atoms with Crippen LogP contribution in [0.25, 0.3) is 0 Å². The van der Waals surface area contributed by atoms with Gasteiger partial charge in [-0.25, -0.2) is 9.18 Å². The lowest BCUT2D eigenvalue weighted by atomic mass is 9.96. The number of benzene rings is 2. The molecule has 2 aromatic carbocycles. The number of rotatable bonds is 9. The highest BCUT2D eigenvalue weighted by atomic mass is 35.5. The Labute approximate surface area is 241 Å². The number of aliphatic imine (C=N–C) groups is 1. The number of hydrogen-bond acceptors (Lipinski definition) is 5. The number of hydrogen-bond donors (Lipinski definition) is 0. The minimum Gasteiger partial charge on any atom is -0.497 e. The van der Waals surface area contributed by atoms with Crippen LogP contribution < -0.4 is 9.47 Å². The van der Waals surface area contributed by atoms with E-state index in [1.807, 2.05) is 46.2 Å². The molecule has 2 saturated heterocycles. The summed E-state index contributed by atoms with van der Waals surface area (Å²) in [5.41, 5.74) is 1.65. The lowest BCUT2D eigenvalue weighted by Gasteiger charge is -2.40. The number of urea groups is 1. The van der Waals surface area contributed by atoms with Gasteiger partial charge in [0.2, 0.25) is 0 Å². The van der Waals surface area contributed by atoms with Gasteiger partial charge in [0.05, 0.1) is 24.8 Å². The molecule has 2 aromatic rings. The van der Waals surface area contributed by atoms with Gasteiger partial charge in [-0.2, -0.15) is 0 Å². The van der Waals surface area contributed by atoms with E-state index in [4.69, 9.17) is 26.1 Å².